The van der Waals surface area contributed by atoms with Crippen LogP contribution in [0.3, 0.4) is 0 Å². The van der Waals surface area contributed by atoms with Crippen molar-refractivity contribution in [3.63, 3.8) is 0 Å². The third kappa shape index (κ3) is 1.59. The molecule has 1 rings (SSSR count). The normalized spacial score (nSPS) is 27.3. The highest BCUT2D eigenvalue weighted by molar-refractivity contribution is 5.72. The highest BCUT2D eigenvalue weighted by atomic mass is 16.7. The van der Waals surface area contributed by atoms with Crippen molar-refractivity contribution in [2.45, 2.75) is 38.6 Å². The lowest BCUT2D eigenvalue weighted by molar-refractivity contribution is -0.182. The summed E-state index contributed by atoms with van der Waals surface area (Å²) in [6.07, 6.45) is 0.588. The van der Waals surface area contributed by atoms with Crippen molar-refractivity contribution >= 4 is 5.97 Å². The van der Waals surface area contributed by atoms with Crippen LogP contribution in [0.2, 0.25) is 0 Å². The largest absolute Gasteiger partial charge is 0.479 e. The van der Waals surface area contributed by atoms with E-state index < -0.39 is 17.9 Å². The fraction of sp³-hybridized carbons (Fsp3) is 0.875. The van der Waals surface area contributed by atoms with Gasteiger partial charge in [0.25, 0.3) is 0 Å². The van der Waals surface area contributed by atoms with E-state index in [1.54, 1.807) is 0 Å². The number of hydrogen-bond donors (Lipinski definition) is 1. The lowest BCUT2D eigenvalue weighted by atomic mass is 10.1. The molecule has 0 bridgehead atoms. The molecule has 0 amide bonds. The highest BCUT2D eigenvalue weighted by Gasteiger charge is 2.41. The van der Waals surface area contributed by atoms with Crippen LogP contribution in [-0.2, 0) is 14.3 Å². The first-order valence-corrected chi connectivity index (χ1v) is 4.18. The Morgan fingerprint density at radius 2 is 2.17 bits per heavy atom. The third-order valence-electron chi connectivity index (χ3n) is 2.21. The number of carboxylic acid groups (broad SMARTS) is 1. The predicted molar refractivity (Wildman–Crippen MR) is 41.8 cm³/mol. The van der Waals surface area contributed by atoms with E-state index >= 15 is 0 Å². The Bertz CT molecular complexity index is 174. The number of hydrogen-bond acceptors (Lipinski definition) is 3. The number of rotatable bonds is 3. The van der Waals surface area contributed by atoms with Gasteiger partial charge in [0.05, 0.1) is 6.61 Å². The van der Waals surface area contributed by atoms with E-state index in [1.165, 1.54) is 0 Å². The molecule has 12 heavy (non-hydrogen) atoms. The van der Waals surface area contributed by atoms with E-state index in [4.69, 9.17) is 14.6 Å². The van der Waals surface area contributed by atoms with Crippen LogP contribution in [0.25, 0.3) is 0 Å². The van der Waals surface area contributed by atoms with Crippen molar-refractivity contribution in [1.82, 2.24) is 0 Å². The van der Waals surface area contributed by atoms with Crippen molar-refractivity contribution in [3.05, 3.63) is 0 Å². The van der Waals surface area contributed by atoms with Gasteiger partial charge in [0.15, 0.2) is 11.9 Å². The van der Waals surface area contributed by atoms with Crippen LogP contribution >= 0.6 is 0 Å². The van der Waals surface area contributed by atoms with Gasteiger partial charge >= 0.3 is 5.97 Å². The van der Waals surface area contributed by atoms with Gasteiger partial charge in [0.2, 0.25) is 0 Å². The SMILES string of the molecule is CCC1(CC)OCC(C(=O)O)O1. The Balaban J connectivity index is 2.58. The van der Waals surface area contributed by atoms with Gasteiger partial charge < -0.3 is 14.6 Å². The van der Waals surface area contributed by atoms with Gasteiger partial charge in [-0.2, -0.15) is 0 Å². The monoisotopic (exact) mass is 174 g/mol. The lowest BCUT2D eigenvalue weighted by Gasteiger charge is -2.24. The fourth-order valence-corrected chi connectivity index (χ4v) is 1.30. The first kappa shape index (κ1) is 9.48. The summed E-state index contributed by atoms with van der Waals surface area (Å²) in [5, 5.41) is 8.63. The molecule has 1 aliphatic heterocycles. The summed E-state index contributed by atoms with van der Waals surface area (Å²) in [4.78, 5) is 10.5. The molecule has 1 heterocycles. The van der Waals surface area contributed by atoms with Crippen LogP contribution < -0.4 is 0 Å². The van der Waals surface area contributed by atoms with Gasteiger partial charge in [-0.15, -0.1) is 0 Å². The third-order valence-corrected chi connectivity index (χ3v) is 2.21. The molecule has 0 aromatic heterocycles. The summed E-state index contributed by atoms with van der Waals surface area (Å²) in [5.41, 5.74) is 0. The van der Waals surface area contributed by atoms with Gasteiger partial charge in [-0.1, -0.05) is 13.8 Å². The zero-order valence-corrected chi connectivity index (χ0v) is 7.37. The molecule has 1 fully saturated rings. The second-order valence-electron chi connectivity index (χ2n) is 2.87. The Labute approximate surface area is 71.5 Å². The van der Waals surface area contributed by atoms with E-state index in [2.05, 4.69) is 0 Å². The van der Waals surface area contributed by atoms with Gasteiger partial charge in [-0.3, -0.25) is 0 Å². The number of carbonyl (C=O) groups is 1. The Kier molecular flexibility index (Phi) is 2.69. The first-order chi connectivity index (χ1) is 5.63. The second kappa shape index (κ2) is 3.41. The van der Waals surface area contributed by atoms with Crippen LogP contribution in [-0.4, -0.2) is 29.6 Å². The number of aliphatic carboxylic acids is 1. The first-order valence-electron chi connectivity index (χ1n) is 4.18. The molecular weight excluding hydrogens is 160 g/mol. The van der Waals surface area contributed by atoms with Crippen LogP contribution in [0, 0.1) is 0 Å². The molecule has 1 N–H and O–H groups in total. The minimum absolute atomic E-state index is 0.164. The molecule has 0 spiro atoms. The second-order valence-corrected chi connectivity index (χ2v) is 2.87. The Hall–Kier alpha value is -0.610. The molecule has 4 nitrogen and oxygen atoms in total. The van der Waals surface area contributed by atoms with Crippen LogP contribution in [0.5, 0.6) is 0 Å². The predicted octanol–water partition coefficient (Wildman–Crippen LogP) is 1.00. The summed E-state index contributed by atoms with van der Waals surface area (Å²) < 4.78 is 10.6. The molecule has 0 saturated carbocycles. The molecule has 0 aliphatic carbocycles. The number of ether oxygens (including phenoxy) is 2. The summed E-state index contributed by atoms with van der Waals surface area (Å²) in [7, 11) is 0. The molecule has 0 radical (unpaired) electrons. The van der Waals surface area contributed by atoms with E-state index in [1.807, 2.05) is 13.8 Å². The Morgan fingerprint density at radius 1 is 1.58 bits per heavy atom. The molecule has 0 aromatic carbocycles. The van der Waals surface area contributed by atoms with E-state index in [9.17, 15) is 4.79 Å². The maximum absolute atomic E-state index is 10.5. The van der Waals surface area contributed by atoms with Crippen LogP contribution in [0.15, 0.2) is 0 Å². The molecule has 1 unspecified atom stereocenters. The van der Waals surface area contributed by atoms with Gasteiger partial charge in [-0.25, -0.2) is 4.79 Å². The van der Waals surface area contributed by atoms with Crippen molar-refractivity contribution < 1.29 is 19.4 Å². The lowest BCUT2D eigenvalue weighted by Crippen LogP contribution is -2.31. The molecular formula is C8H14O4. The van der Waals surface area contributed by atoms with Crippen LogP contribution in [0.1, 0.15) is 26.7 Å². The molecule has 1 saturated heterocycles. The molecule has 4 heteroatoms. The zero-order valence-electron chi connectivity index (χ0n) is 7.37. The average Bonchev–Trinajstić information content (AvgIpc) is 2.49. The van der Waals surface area contributed by atoms with E-state index in [0.717, 1.165) is 0 Å². The van der Waals surface area contributed by atoms with Gasteiger partial charge in [-0.05, 0) is 12.8 Å². The van der Waals surface area contributed by atoms with Gasteiger partial charge in [0, 0.05) is 0 Å². The standard InChI is InChI=1S/C8H14O4/c1-3-8(4-2)11-5-6(12-8)7(9)10/h6H,3-5H2,1-2H3,(H,9,10). The quantitative estimate of drug-likeness (QED) is 0.693. The average molecular weight is 174 g/mol. The van der Waals surface area contributed by atoms with E-state index in [0.29, 0.717) is 12.8 Å². The Morgan fingerprint density at radius 3 is 2.42 bits per heavy atom. The van der Waals surface area contributed by atoms with Gasteiger partial charge in [0.1, 0.15) is 0 Å². The minimum Gasteiger partial charge on any atom is -0.479 e. The maximum Gasteiger partial charge on any atom is 0.335 e. The van der Waals surface area contributed by atoms with Crippen molar-refractivity contribution in [1.29, 1.82) is 0 Å². The number of carboxylic acids is 1. The van der Waals surface area contributed by atoms with E-state index in [-0.39, 0.29) is 6.61 Å². The highest BCUT2D eigenvalue weighted by Crippen LogP contribution is 2.29. The molecule has 0 aromatic rings. The van der Waals surface area contributed by atoms with Crippen molar-refractivity contribution in [2.24, 2.45) is 0 Å². The van der Waals surface area contributed by atoms with Crippen molar-refractivity contribution in [2.75, 3.05) is 6.61 Å². The summed E-state index contributed by atoms with van der Waals surface area (Å²) in [5.74, 6) is -1.60. The molecule has 70 valence electrons. The summed E-state index contributed by atoms with van der Waals surface area (Å²) in [6.45, 7) is 4.01. The molecule has 1 atom stereocenters. The summed E-state index contributed by atoms with van der Waals surface area (Å²) in [6, 6.07) is 0. The molecule has 1 aliphatic rings. The smallest absolute Gasteiger partial charge is 0.335 e. The minimum atomic E-state index is -0.946. The topological polar surface area (TPSA) is 55.8 Å². The van der Waals surface area contributed by atoms with Crippen molar-refractivity contribution in [3.8, 4) is 0 Å². The fourth-order valence-electron chi connectivity index (χ4n) is 1.30. The zero-order chi connectivity index (χ0) is 9.19. The summed E-state index contributed by atoms with van der Waals surface area (Å²) >= 11 is 0. The maximum atomic E-state index is 10.5. The van der Waals surface area contributed by atoms with Crippen LogP contribution in [0.4, 0.5) is 0 Å².